The predicted octanol–water partition coefficient (Wildman–Crippen LogP) is -0.0923. The summed E-state index contributed by atoms with van der Waals surface area (Å²) in [4.78, 5) is 11.9. The van der Waals surface area contributed by atoms with Crippen LogP contribution in [0.15, 0.2) is 0 Å². The van der Waals surface area contributed by atoms with Crippen molar-refractivity contribution in [2.75, 3.05) is 39.5 Å². The van der Waals surface area contributed by atoms with Crippen molar-refractivity contribution in [1.29, 1.82) is 0 Å². The van der Waals surface area contributed by atoms with Crippen molar-refractivity contribution in [2.45, 2.75) is 25.9 Å². The monoisotopic (exact) mass is 242 g/mol. The van der Waals surface area contributed by atoms with E-state index in [4.69, 9.17) is 9.47 Å². The van der Waals surface area contributed by atoms with Gasteiger partial charge in [-0.25, -0.2) is 0 Å². The Morgan fingerprint density at radius 3 is 2.82 bits per heavy atom. The molecule has 0 aromatic carbocycles. The second-order valence-corrected chi connectivity index (χ2v) is 5.20. The zero-order chi connectivity index (χ0) is 12.1. The first-order valence-electron chi connectivity index (χ1n) is 6.37. The zero-order valence-electron chi connectivity index (χ0n) is 10.5. The van der Waals surface area contributed by atoms with Crippen molar-refractivity contribution < 1.29 is 14.3 Å². The van der Waals surface area contributed by atoms with Gasteiger partial charge in [0.05, 0.1) is 6.61 Å². The molecule has 1 amide bonds. The third-order valence-corrected chi connectivity index (χ3v) is 3.61. The summed E-state index contributed by atoms with van der Waals surface area (Å²) in [5, 5.41) is 6.16. The first kappa shape index (κ1) is 12.8. The molecule has 2 aliphatic rings. The molecule has 5 heteroatoms. The lowest BCUT2D eigenvalue weighted by atomic mass is 9.82. The highest BCUT2D eigenvalue weighted by Crippen LogP contribution is 2.28. The summed E-state index contributed by atoms with van der Waals surface area (Å²) in [5.74, 6) is 0.00455. The van der Waals surface area contributed by atoms with E-state index in [1.165, 1.54) is 0 Å². The predicted molar refractivity (Wildman–Crippen MR) is 63.8 cm³/mol. The Kier molecular flexibility index (Phi) is 4.36. The molecule has 0 aromatic rings. The van der Waals surface area contributed by atoms with E-state index in [-0.39, 0.29) is 17.4 Å². The maximum absolute atomic E-state index is 11.9. The molecule has 2 heterocycles. The summed E-state index contributed by atoms with van der Waals surface area (Å²) in [6.45, 7) is 6.58. The molecule has 1 atom stereocenters. The topological polar surface area (TPSA) is 59.6 Å². The number of hydrogen-bond acceptors (Lipinski definition) is 4. The Balaban J connectivity index is 1.74. The minimum Gasteiger partial charge on any atom is -0.381 e. The van der Waals surface area contributed by atoms with Gasteiger partial charge in [0, 0.05) is 32.8 Å². The molecule has 0 aliphatic carbocycles. The van der Waals surface area contributed by atoms with Crippen LogP contribution in [0.1, 0.15) is 19.8 Å². The van der Waals surface area contributed by atoms with E-state index >= 15 is 0 Å². The largest absolute Gasteiger partial charge is 0.381 e. The number of morpholine rings is 1. The maximum Gasteiger partial charge on any atom is 0.250 e. The molecule has 1 unspecified atom stereocenters. The van der Waals surface area contributed by atoms with Crippen molar-refractivity contribution in [3.63, 3.8) is 0 Å². The van der Waals surface area contributed by atoms with E-state index in [2.05, 4.69) is 17.6 Å². The molecule has 2 saturated heterocycles. The second kappa shape index (κ2) is 5.80. The molecule has 2 N–H and O–H groups in total. The summed E-state index contributed by atoms with van der Waals surface area (Å²) in [6, 6.07) is 0. The van der Waals surface area contributed by atoms with E-state index in [0.29, 0.717) is 13.2 Å². The fraction of sp³-hybridized carbons (Fsp3) is 0.917. The molecule has 2 aliphatic heterocycles. The van der Waals surface area contributed by atoms with Crippen molar-refractivity contribution in [3.05, 3.63) is 0 Å². The summed E-state index contributed by atoms with van der Waals surface area (Å²) in [7, 11) is 0. The van der Waals surface area contributed by atoms with Gasteiger partial charge in [0.15, 0.2) is 0 Å². The van der Waals surface area contributed by atoms with Gasteiger partial charge in [0.1, 0.15) is 6.10 Å². The van der Waals surface area contributed by atoms with Crippen molar-refractivity contribution >= 4 is 5.91 Å². The van der Waals surface area contributed by atoms with Gasteiger partial charge in [-0.15, -0.1) is 0 Å². The van der Waals surface area contributed by atoms with E-state index in [1.807, 2.05) is 0 Å². The lowest BCUT2D eigenvalue weighted by Crippen LogP contribution is -2.50. The summed E-state index contributed by atoms with van der Waals surface area (Å²) < 4.78 is 10.8. The summed E-state index contributed by atoms with van der Waals surface area (Å²) >= 11 is 0. The number of nitrogens with one attached hydrogen (secondary N) is 2. The third-order valence-electron chi connectivity index (χ3n) is 3.61. The number of hydrogen-bond donors (Lipinski definition) is 2. The van der Waals surface area contributed by atoms with Crippen LogP contribution >= 0.6 is 0 Å². The van der Waals surface area contributed by atoms with Crippen LogP contribution in [0.5, 0.6) is 0 Å². The van der Waals surface area contributed by atoms with Crippen molar-refractivity contribution in [3.8, 4) is 0 Å². The van der Waals surface area contributed by atoms with Crippen LogP contribution < -0.4 is 10.6 Å². The van der Waals surface area contributed by atoms with Crippen LogP contribution in [0.4, 0.5) is 0 Å². The van der Waals surface area contributed by atoms with Gasteiger partial charge >= 0.3 is 0 Å². The van der Waals surface area contributed by atoms with Crippen LogP contribution in [0, 0.1) is 5.41 Å². The van der Waals surface area contributed by atoms with E-state index in [1.54, 1.807) is 0 Å². The minimum atomic E-state index is -0.327. The highest BCUT2D eigenvalue weighted by Gasteiger charge is 2.29. The minimum absolute atomic E-state index is 0.00455. The normalized spacial score (nSPS) is 28.6. The average Bonchev–Trinajstić information content (AvgIpc) is 2.38. The first-order chi connectivity index (χ1) is 8.20. The molecule has 0 radical (unpaired) electrons. The molecule has 17 heavy (non-hydrogen) atoms. The molecule has 0 aromatic heterocycles. The molecule has 98 valence electrons. The van der Waals surface area contributed by atoms with Gasteiger partial charge in [-0.1, -0.05) is 6.92 Å². The maximum atomic E-state index is 11.9. The number of amides is 1. The SMILES string of the molecule is CC1(CNC(=O)C2CNCCO2)CCOCC1. The standard InChI is InChI=1S/C12H22N2O3/c1-12(2-5-16-6-3-12)9-14-11(15)10-8-13-4-7-17-10/h10,13H,2-9H2,1H3,(H,14,15). The molecule has 2 rings (SSSR count). The van der Waals surface area contributed by atoms with E-state index < -0.39 is 0 Å². The average molecular weight is 242 g/mol. The Morgan fingerprint density at radius 1 is 1.41 bits per heavy atom. The van der Waals surface area contributed by atoms with Crippen LogP contribution in [0.3, 0.4) is 0 Å². The molecular formula is C12H22N2O3. The molecule has 2 fully saturated rings. The fourth-order valence-electron chi connectivity index (χ4n) is 2.19. The van der Waals surface area contributed by atoms with Gasteiger partial charge in [-0.3, -0.25) is 4.79 Å². The Labute approximate surface area is 102 Å². The first-order valence-corrected chi connectivity index (χ1v) is 6.37. The van der Waals surface area contributed by atoms with Gasteiger partial charge in [-0.05, 0) is 18.3 Å². The van der Waals surface area contributed by atoms with Gasteiger partial charge in [-0.2, -0.15) is 0 Å². The summed E-state index contributed by atoms with van der Waals surface area (Å²) in [5.41, 5.74) is 0.177. The van der Waals surface area contributed by atoms with Crippen LogP contribution in [-0.4, -0.2) is 51.5 Å². The highest BCUT2D eigenvalue weighted by molar-refractivity contribution is 5.81. The highest BCUT2D eigenvalue weighted by atomic mass is 16.5. The molecule has 0 saturated carbocycles. The van der Waals surface area contributed by atoms with E-state index in [9.17, 15) is 4.79 Å². The Hall–Kier alpha value is -0.650. The van der Waals surface area contributed by atoms with Crippen molar-refractivity contribution in [1.82, 2.24) is 10.6 Å². The smallest absolute Gasteiger partial charge is 0.250 e. The lowest BCUT2D eigenvalue weighted by molar-refractivity contribution is -0.135. The summed E-state index contributed by atoms with van der Waals surface area (Å²) in [6.07, 6.45) is 1.70. The molecule has 5 nitrogen and oxygen atoms in total. The second-order valence-electron chi connectivity index (χ2n) is 5.20. The third kappa shape index (κ3) is 3.66. The number of carbonyl (C=O) groups is 1. The quantitative estimate of drug-likeness (QED) is 0.726. The van der Waals surface area contributed by atoms with Crippen LogP contribution in [-0.2, 0) is 14.3 Å². The number of ether oxygens (including phenoxy) is 2. The Bertz CT molecular complexity index is 258. The van der Waals surface area contributed by atoms with Gasteiger partial charge in [0.25, 0.3) is 0 Å². The lowest BCUT2D eigenvalue weighted by Gasteiger charge is -2.34. The van der Waals surface area contributed by atoms with Crippen molar-refractivity contribution in [2.24, 2.45) is 5.41 Å². The van der Waals surface area contributed by atoms with Gasteiger partial charge in [0.2, 0.25) is 5.91 Å². The molecule has 0 spiro atoms. The Morgan fingerprint density at radius 2 is 2.18 bits per heavy atom. The number of rotatable bonds is 3. The molecule has 0 bridgehead atoms. The molecular weight excluding hydrogens is 220 g/mol. The fourth-order valence-corrected chi connectivity index (χ4v) is 2.19. The van der Waals surface area contributed by atoms with Crippen LogP contribution in [0.2, 0.25) is 0 Å². The zero-order valence-corrected chi connectivity index (χ0v) is 10.5. The van der Waals surface area contributed by atoms with E-state index in [0.717, 1.165) is 39.1 Å². The van der Waals surface area contributed by atoms with Crippen LogP contribution in [0.25, 0.3) is 0 Å². The number of carbonyl (C=O) groups excluding carboxylic acids is 1. The van der Waals surface area contributed by atoms with Gasteiger partial charge < -0.3 is 20.1 Å².